The van der Waals surface area contributed by atoms with E-state index < -0.39 is 0 Å². The molecule has 1 atom stereocenters. The Morgan fingerprint density at radius 1 is 1.00 bits per heavy atom. The first-order valence-corrected chi connectivity index (χ1v) is 5.79. The smallest absolute Gasteiger partial charge is 0.314 e. The maximum absolute atomic E-state index is 11.7. The average molecular weight is 486 g/mol. The molecule has 0 spiro atoms. The minimum Gasteiger partial charge on any atom is -1.00 e. The monoisotopic (exact) mass is 486 g/mol. The molecule has 112 valence electrons. The molecule has 0 bridgehead atoms. The third-order valence-electron chi connectivity index (χ3n) is 2.23. The second-order valence-corrected chi connectivity index (χ2v) is 6.56. The van der Waals surface area contributed by atoms with Crippen LogP contribution in [0.5, 0.6) is 0 Å². The SMILES string of the molecule is CC(C[N+](C)(C)C)C(=O)OCC[N+](C)(C)C.[I-].[I-]. The van der Waals surface area contributed by atoms with Gasteiger partial charge >= 0.3 is 5.97 Å². The lowest BCUT2D eigenvalue weighted by molar-refractivity contribution is -0.872. The number of nitrogens with zero attached hydrogens (tertiary/aromatic N) is 2. The highest BCUT2D eigenvalue weighted by molar-refractivity contribution is 5.72. The van der Waals surface area contributed by atoms with Crippen LogP contribution in [-0.2, 0) is 9.53 Å². The molecular formula is C12H28I2N2O2. The number of esters is 1. The zero-order chi connectivity index (χ0) is 13.0. The molecule has 0 radical (unpaired) electrons. The van der Waals surface area contributed by atoms with Crippen LogP contribution in [0.15, 0.2) is 0 Å². The molecule has 0 aromatic carbocycles. The Kier molecular flexibility index (Phi) is 12.9. The van der Waals surface area contributed by atoms with Gasteiger partial charge in [-0.1, -0.05) is 0 Å². The fourth-order valence-electron chi connectivity index (χ4n) is 1.46. The number of carbonyl (C=O) groups is 1. The van der Waals surface area contributed by atoms with Crippen molar-refractivity contribution in [3.8, 4) is 0 Å². The first-order valence-electron chi connectivity index (χ1n) is 5.79. The van der Waals surface area contributed by atoms with E-state index in [1.807, 2.05) is 6.92 Å². The van der Waals surface area contributed by atoms with Gasteiger partial charge in [-0.15, -0.1) is 0 Å². The van der Waals surface area contributed by atoms with Gasteiger partial charge in [0, 0.05) is 0 Å². The summed E-state index contributed by atoms with van der Waals surface area (Å²) in [6.07, 6.45) is 0. The maximum atomic E-state index is 11.7. The Labute approximate surface area is 146 Å². The first-order chi connectivity index (χ1) is 7.01. The number of halogens is 2. The molecule has 0 aromatic heterocycles. The van der Waals surface area contributed by atoms with Crippen LogP contribution in [0, 0.1) is 5.92 Å². The Balaban J connectivity index is -0.00000112. The fraction of sp³-hybridized carbons (Fsp3) is 0.917. The molecule has 0 N–H and O–H groups in total. The Morgan fingerprint density at radius 2 is 1.44 bits per heavy atom. The molecule has 18 heavy (non-hydrogen) atoms. The van der Waals surface area contributed by atoms with Gasteiger partial charge in [0.05, 0.1) is 48.8 Å². The molecule has 0 heterocycles. The van der Waals surface area contributed by atoms with Crippen LogP contribution < -0.4 is 48.0 Å². The quantitative estimate of drug-likeness (QED) is 0.213. The summed E-state index contributed by atoms with van der Waals surface area (Å²) in [6, 6.07) is 0. The Hall–Kier alpha value is 0.850. The number of carbonyl (C=O) groups excluding carboxylic acids is 1. The van der Waals surface area contributed by atoms with E-state index in [4.69, 9.17) is 4.74 Å². The molecule has 0 saturated carbocycles. The molecule has 0 aliphatic carbocycles. The number of likely N-dealkylation sites (N-methyl/N-ethyl adjacent to an activating group) is 1. The zero-order valence-corrected chi connectivity index (χ0v) is 17.0. The molecule has 0 saturated heterocycles. The molecule has 0 rings (SSSR count). The van der Waals surface area contributed by atoms with Gasteiger partial charge in [0.2, 0.25) is 0 Å². The number of rotatable bonds is 6. The summed E-state index contributed by atoms with van der Waals surface area (Å²) < 4.78 is 6.86. The van der Waals surface area contributed by atoms with Crippen LogP contribution in [0.2, 0.25) is 0 Å². The van der Waals surface area contributed by atoms with Crippen LogP contribution in [0.3, 0.4) is 0 Å². The minimum atomic E-state index is -0.0819. The third kappa shape index (κ3) is 14.9. The van der Waals surface area contributed by atoms with Crippen molar-refractivity contribution in [2.45, 2.75) is 6.92 Å². The molecule has 0 fully saturated rings. The number of hydrogen-bond donors (Lipinski definition) is 0. The summed E-state index contributed by atoms with van der Waals surface area (Å²) in [5.74, 6) is -0.117. The summed E-state index contributed by atoms with van der Waals surface area (Å²) >= 11 is 0. The zero-order valence-electron chi connectivity index (χ0n) is 12.7. The van der Waals surface area contributed by atoms with Crippen LogP contribution in [-0.4, -0.2) is 76.9 Å². The largest absolute Gasteiger partial charge is 1.00 e. The van der Waals surface area contributed by atoms with Crippen molar-refractivity contribution in [1.29, 1.82) is 0 Å². The number of quaternary nitrogens is 2. The standard InChI is InChI=1S/C12H28N2O2.2HI/c1-11(10-14(5,6)7)12(15)16-9-8-13(2,3)4;;/h11H,8-10H2,1-7H3;2*1H/q+2;;/p-2. The normalized spacial score (nSPS) is 13.1. The van der Waals surface area contributed by atoms with Crippen molar-refractivity contribution in [1.82, 2.24) is 0 Å². The van der Waals surface area contributed by atoms with Gasteiger partial charge in [0.15, 0.2) is 0 Å². The van der Waals surface area contributed by atoms with E-state index in [9.17, 15) is 4.79 Å². The highest BCUT2D eigenvalue weighted by Gasteiger charge is 2.22. The summed E-state index contributed by atoms with van der Waals surface area (Å²) in [5, 5.41) is 0. The molecular weight excluding hydrogens is 458 g/mol. The fourth-order valence-corrected chi connectivity index (χ4v) is 1.46. The van der Waals surface area contributed by atoms with Crippen molar-refractivity contribution < 1.29 is 66.5 Å². The van der Waals surface area contributed by atoms with Crippen LogP contribution in [0.1, 0.15) is 6.92 Å². The van der Waals surface area contributed by atoms with E-state index in [1.165, 1.54) is 0 Å². The Bertz CT molecular complexity index is 235. The third-order valence-corrected chi connectivity index (χ3v) is 2.23. The highest BCUT2D eigenvalue weighted by atomic mass is 127. The highest BCUT2D eigenvalue weighted by Crippen LogP contribution is 2.05. The minimum absolute atomic E-state index is 0. The second-order valence-electron chi connectivity index (χ2n) is 6.56. The molecule has 0 aliphatic rings. The van der Waals surface area contributed by atoms with Gasteiger partial charge < -0.3 is 61.7 Å². The van der Waals surface area contributed by atoms with E-state index in [2.05, 4.69) is 42.3 Å². The molecule has 0 amide bonds. The topological polar surface area (TPSA) is 26.3 Å². The van der Waals surface area contributed by atoms with Crippen molar-refractivity contribution >= 4 is 5.97 Å². The lowest BCUT2D eigenvalue weighted by Crippen LogP contribution is -3.00. The predicted molar refractivity (Wildman–Crippen MR) is 65.9 cm³/mol. The molecule has 0 aromatic rings. The lowest BCUT2D eigenvalue weighted by atomic mass is 10.1. The molecule has 6 heteroatoms. The number of hydrogen-bond acceptors (Lipinski definition) is 2. The Morgan fingerprint density at radius 3 is 1.78 bits per heavy atom. The van der Waals surface area contributed by atoms with Gasteiger partial charge in [-0.25, -0.2) is 0 Å². The molecule has 1 unspecified atom stereocenters. The van der Waals surface area contributed by atoms with Gasteiger partial charge in [0.25, 0.3) is 0 Å². The second kappa shape index (κ2) is 9.71. The van der Waals surface area contributed by atoms with Crippen molar-refractivity contribution in [2.24, 2.45) is 5.92 Å². The van der Waals surface area contributed by atoms with E-state index in [-0.39, 0.29) is 59.8 Å². The van der Waals surface area contributed by atoms with E-state index in [0.717, 1.165) is 22.1 Å². The van der Waals surface area contributed by atoms with Gasteiger partial charge in [-0.05, 0) is 6.92 Å². The summed E-state index contributed by atoms with van der Waals surface area (Å²) in [4.78, 5) is 11.7. The predicted octanol–water partition coefficient (Wildman–Crippen LogP) is -5.41. The van der Waals surface area contributed by atoms with Crippen molar-refractivity contribution in [2.75, 3.05) is 62.0 Å². The van der Waals surface area contributed by atoms with Gasteiger partial charge in [-0.3, -0.25) is 4.79 Å². The van der Waals surface area contributed by atoms with Gasteiger partial charge in [0.1, 0.15) is 19.1 Å². The lowest BCUT2D eigenvalue weighted by Gasteiger charge is -2.27. The van der Waals surface area contributed by atoms with Crippen LogP contribution in [0.25, 0.3) is 0 Å². The summed E-state index contributed by atoms with van der Waals surface area (Å²) in [7, 11) is 12.5. The number of ether oxygens (including phenoxy) is 1. The van der Waals surface area contributed by atoms with Gasteiger partial charge in [-0.2, -0.15) is 0 Å². The first kappa shape index (κ1) is 23.9. The van der Waals surface area contributed by atoms with E-state index in [0.29, 0.717) is 6.61 Å². The van der Waals surface area contributed by atoms with Crippen LogP contribution >= 0.6 is 0 Å². The van der Waals surface area contributed by atoms with Crippen molar-refractivity contribution in [3.05, 3.63) is 0 Å². The van der Waals surface area contributed by atoms with E-state index >= 15 is 0 Å². The van der Waals surface area contributed by atoms with Crippen LogP contribution in [0.4, 0.5) is 0 Å². The van der Waals surface area contributed by atoms with E-state index in [1.54, 1.807) is 0 Å². The average Bonchev–Trinajstić information content (AvgIpc) is 1.98. The summed E-state index contributed by atoms with van der Waals surface area (Å²) in [6.45, 7) is 4.09. The maximum Gasteiger partial charge on any atom is 0.314 e. The molecule has 4 nitrogen and oxygen atoms in total. The summed E-state index contributed by atoms with van der Waals surface area (Å²) in [5.41, 5.74) is 0. The van der Waals surface area contributed by atoms with Crippen molar-refractivity contribution in [3.63, 3.8) is 0 Å². The molecule has 0 aliphatic heterocycles.